The first-order valence-corrected chi connectivity index (χ1v) is 11.6. The van der Waals surface area contributed by atoms with Crippen LogP contribution in [0.1, 0.15) is 97.3 Å². The van der Waals surface area contributed by atoms with Crippen molar-refractivity contribution in [2.24, 2.45) is 35.5 Å². The second-order valence-corrected chi connectivity index (χ2v) is 9.45. The third-order valence-electron chi connectivity index (χ3n) is 7.89. The molecule has 0 spiro atoms. The Kier molecular flexibility index (Phi) is 7.68. The molecule has 3 fully saturated rings. The summed E-state index contributed by atoms with van der Waals surface area (Å²) in [5.74, 6) is 5.85. The molecule has 0 aromatic carbocycles. The number of allylic oxidation sites excluding steroid dienone is 4. The Morgan fingerprint density at radius 2 is 0.960 bits per heavy atom. The first-order valence-electron chi connectivity index (χ1n) is 11.6. The minimum absolute atomic E-state index is 0.868. The van der Waals surface area contributed by atoms with Crippen LogP contribution in [-0.2, 0) is 0 Å². The van der Waals surface area contributed by atoms with Crippen LogP contribution in [-0.4, -0.2) is 0 Å². The van der Waals surface area contributed by atoms with Crippen molar-refractivity contribution in [1.82, 2.24) is 0 Å². The van der Waals surface area contributed by atoms with E-state index in [4.69, 9.17) is 0 Å². The van der Waals surface area contributed by atoms with Crippen LogP contribution in [0.15, 0.2) is 24.3 Å². The van der Waals surface area contributed by atoms with Crippen molar-refractivity contribution >= 4 is 0 Å². The van der Waals surface area contributed by atoms with E-state index in [2.05, 4.69) is 38.2 Å². The minimum atomic E-state index is 0.868. The van der Waals surface area contributed by atoms with Crippen molar-refractivity contribution < 1.29 is 0 Å². The van der Waals surface area contributed by atoms with Crippen LogP contribution in [0.5, 0.6) is 0 Å². The molecule has 0 N–H and O–H groups in total. The summed E-state index contributed by atoms with van der Waals surface area (Å²) in [5.41, 5.74) is 0. The normalized spacial score (nSPS) is 40.7. The molecule has 0 atom stereocenters. The molecule has 142 valence electrons. The van der Waals surface area contributed by atoms with Gasteiger partial charge < -0.3 is 0 Å². The zero-order valence-corrected chi connectivity index (χ0v) is 17.0. The number of hydrogen-bond donors (Lipinski definition) is 0. The second-order valence-electron chi connectivity index (χ2n) is 9.45. The minimum Gasteiger partial charge on any atom is -0.0914 e. The third kappa shape index (κ3) is 5.73. The smallest absolute Gasteiger partial charge is 0.0233 e. The first kappa shape index (κ1) is 19.2. The standard InChI is InChI=1S/C25H42/c1-3-5-21-6-8-22(9-7-21)10-11-23-14-18-25(19-15-23)24-16-12-20(4-2)13-17-24/h3,5,10-11,20-25H,4,6-9,12-19H2,1-2H3. The van der Waals surface area contributed by atoms with E-state index in [9.17, 15) is 0 Å². The van der Waals surface area contributed by atoms with Gasteiger partial charge in [0.25, 0.3) is 0 Å². The first-order chi connectivity index (χ1) is 12.3. The molecule has 0 heterocycles. The zero-order chi connectivity index (χ0) is 17.5. The van der Waals surface area contributed by atoms with E-state index in [-0.39, 0.29) is 0 Å². The molecule has 0 unspecified atom stereocenters. The average Bonchev–Trinajstić information content (AvgIpc) is 2.68. The van der Waals surface area contributed by atoms with Crippen LogP contribution in [0, 0.1) is 35.5 Å². The van der Waals surface area contributed by atoms with E-state index in [1.807, 2.05) is 0 Å². The molecular weight excluding hydrogens is 300 g/mol. The molecule has 0 aromatic heterocycles. The van der Waals surface area contributed by atoms with Gasteiger partial charge in [-0.1, -0.05) is 50.5 Å². The van der Waals surface area contributed by atoms with Gasteiger partial charge in [-0.05, 0) is 107 Å². The Bertz CT molecular complexity index is 407. The van der Waals surface area contributed by atoms with Crippen LogP contribution >= 0.6 is 0 Å². The van der Waals surface area contributed by atoms with Gasteiger partial charge in [0, 0.05) is 0 Å². The van der Waals surface area contributed by atoms with Crippen LogP contribution in [0.4, 0.5) is 0 Å². The molecule has 0 saturated heterocycles. The molecule has 0 amide bonds. The molecule has 0 aliphatic heterocycles. The molecule has 0 aromatic rings. The highest BCUT2D eigenvalue weighted by Gasteiger charge is 2.30. The highest BCUT2D eigenvalue weighted by atomic mass is 14.4. The monoisotopic (exact) mass is 342 g/mol. The van der Waals surface area contributed by atoms with Crippen molar-refractivity contribution in [3.8, 4) is 0 Å². The van der Waals surface area contributed by atoms with E-state index in [1.165, 1.54) is 70.6 Å². The molecule has 3 aliphatic rings. The van der Waals surface area contributed by atoms with Gasteiger partial charge in [0.05, 0.1) is 0 Å². The van der Waals surface area contributed by atoms with Gasteiger partial charge in [0.2, 0.25) is 0 Å². The SMILES string of the molecule is CC=CC1CCC(C=CC2CCC(C3CCC(CC)CC3)CC2)CC1. The van der Waals surface area contributed by atoms with Crippen LogP contribution < -0.4 is 0 Å². The van der Waals surface area contributed by atoms with Crippen LogP contribution in [0.2, 0.25) is 0 Å². The zero-order valence-electron chi connectivity index (χ0n) is 17.0. The highest BCUT2D eigenvalue weighted by molar-refractivity contribution is 4.98. The summed E-state index contributed by atoms with van der Waals surface area (Å²) < 4.78 is 0. The summed E-state index contributed by atoms with van der Waals surface area (Å²) in [5, 5.41) is 0. The predicted octanol–water partition coefficient (Wildman–Crippen LogP) is 7.95. The Morgan fingerprint density at radius 1 is 0.560 bits per heavy atom. The fourth-order valence-electron chi connectivity index (χ4n) is 5.99. The Labute approximate surface area is 157 Å². The van der Waals surface area contributed by atoms with Crippen molar-refractivity contribution in [3.63, 3.8) is 0 Å². The van der Waals surface area contributed by atoms with Gasteiger partial charge in [-0.25, -0.2) is 0 Å². The van der Waals surface area contributed by atoms with Crippen LogP contribution in [0.3, 0.4) is 0 Å². The Hall–Kier alpha value is -0.520. The predicted molar refractivity (Wildman–Crippen MR) is 111 cm³/mol. The summed E-state index contributed by atoms with van der Waals surface area (Å²) in [7, 11) is 0. The maximum Gasteiger partial charge on any atom is -0.0233 e. The molecule has 3 rings (SSSR count). The fraction of sp³-hybridized carbons (Fsp3) is 0.840. The maximum absolute atomic E-state index is 2.63. The lowest BCUT2D eigenvalue weighted by Crippen LogP contribution is -2.25. The second kappa shape index (κ2) is 9.98. The Balaban J connectivity index is 1.35. The highest BCUT2D eigenvalue weighted by Crippen LogP contribution is 2.42. The van der Waals surface area contributed by atoms with E-state index in [0.717, 1.165) is 35.5 Å². The van der Waals surface area contributed by atoms with E-state index in [1.54, 1.807) is 12.8 Å². The average molecular weight is 343 g/mol. The number of hydrogen-bond acceptors (Lipinski definition) is 0. The summed E-state index contributed by atoms with van der Waals surface area (Å²) in [6.07, 6.45) is 29.1. The lowest BCUT2D eigenvalue weighted by Gasteiger charge is -2.37. The van der Waals surface area contributed by atoms with Gasteiger partial charge in [-0.15, -0.1) is 0 Å². The topological polar surface area (TPSA) is 0 Å². The molecule has 0 heteroatoms. The van der Waals surface area contributed by atoms with Crippen molar-refractivity contribution in [3.05, 3.63) is 24.3 Å². The molecule has 3 aliphatic carbocycles. The molecule has 0 nitrogen and oxygen atoms in total. The van der Waals surface area contributed by atoms with Gasteiger partial charge in [0.1, 0.15) is 0 Å². The molecule has 0 bridgehead atoms. The molecule has 25 heavy (non-hydrogen) atoms. The van der Waals surface area contributed by atoms with E-state index >= 15 is 0 Å². The Morgan fingerprint density at radius 3 is 1.40 bits per heavy atom. The van der Waals surface area contributed by atoms with Gasteiger partial charge >= 0.3 is 0 Å². The molecule has 0 radical (unpaired) electrons. The van der Waals surface area contributed by atoms with Gasteiger partial charge in [0.15, 0.2) is 0 Å². The summed E-state index contributed by atoms with van der Waals surface area (Å²) >= 11 is 0. The van der Waals surface area contributed by atoms with Crippen molar-refractivity contribution in [1.29, 1.82) is 0 Å². The van der Waals surface area contributed by atoms with E-state index in [0.29, 0.717) is 0 Å². The fourth-order valence-corrected chi connectivity index (χ4v) is 5.99. The quantitative estimate of drug-likeness (QED) is 0.445. The van der Waals surface area contributed by atoms with Crippen molar-refractivity contribution in [2.75, 3.05) is 0 Å². The van der Waals surface area contributed by atoms with Crippen LogP contribution in [0.25, 0.3) is 0 Å². The maximum atomic E-state index is 2.63. The largest absolute Gasteiger partial charge is 0.0914 e. The summed E-state index contributed by atoms with van der Waals surface area (Å²) in [6, 6.07) is 0. The third-order valence-corrected chi connectivity index (χ3v) is 7.89. The van der Waals surface area contributed by atoms with Gasteiger partial charge in [-0.3, -0.25) is 0 Å². The summed E-state index contributed by atoms with van der Waals surface area (Å²) in [4.78, 5) is 0. The van der Waals surface area contributed by atoms with E-state index < -0.39 is 0 Å². The molecule has 3 saturated carbocycles. The lowest BCUT2D eigenvalue weighted by atomic mass is 9.69. The van der Waals surface area contributed by atoms with Gasteiger partial charge in [-0.2, -0.15) is 0 Å². The lowest BCUT2D eigenvalue weighted by molar-refractivity contribution is 0.154. The van der Waals surface area contributed by atoms with Crippen molar-refractivity contribution in [2.45, 2.75) is 97.3 Å². The number of rotatable bonds is 5. The molecular formula is C25H42. The summed E-state index contributed by atoms with van der Waals surface area (Å²) in [6.45, 7) is 4.55.